The number of carbonyl (C=O) groups is 1. The third kappa shape index (κ3) is 3.69. The molecule has 0 saturated carbocycles. The first-order valence-corrected chi connectivity index (χ1v) is 11.1. The fourth-order valence-corrected chi connectivity index (χ4v) is 4.46. The fourth-order valence-electron chi connectivity index (χ4n) is 4.46. The van der Waals surface area contributed by atoms with Gasteiger partial charge in [-0.1, -0.05) is 67.1 Å². The molecule has 1 N–H and O–H groups in total. The van der Waals surface area contributed by atoms with E-state index in [1.54, 1.807) is 0 Å². The molecule has 0 spiro atoms. The van der Waals surface area contributed by atoms with Gasteiger partial charge in [0.25, 0.3) is 0 Å². The highest BCUT2D eigenvalue weighted by molar-refractivity contribution is 5.90. The maximum absolute atomic E-state index is 13.7. The Labute approximate surface area is 189 Å². The standard InChI is InChI=1S/C28H27N3O/c1-3-21-12-14-22(15-13-21)27-26-9-6-18-30(26)25-8-5-4-7-23(25)19-31(27)28(32)29-24-16-10-20(2)11-17-24/h4-18,27H,3,19H2,1-2H3,(H,29,32)/t27-/m0/s1. The Morgan fingerprint density at radius 1 is 0.938 bits per heavy atom. The predicted octanol–water partition coefficient (Wildman–Crippen LogP) is 6.49. The van der Waals surface area contributed by atoms with Crippen LogP contribution >= 0.6 is 0 Å². The summed E-state index contributed by atoms with van der Waals surface area (Å²) in [7, 11) is 0. The zero-order valence-electron chi connectivity index (χ0n) is 18.5. The normalized spacial score (nSPS) is 14.9. The summed E-state index contributed by atoms with van der Waals surface area (Å²) in [5, 5.41) is 3.12. The summed E-state index contributed by atoms with van der Waals surface area (Å²) in [6.45, 7) is 4.72. The summed E-state index contributed by atoms with van der Waals surface area (Å²) in [5.74, 6) is 0. The summed E-state index contributed by atoms with van der Waals surface area (Å²) in [4.78, 5) is 15.6. The van der Waals surface area contributed by atoms with Gasteiger partial charge in [-0.05, 0) is 60.4 Å². The number of rotatable bonds is 3. The van der Waals surface area contributed by atoms with Crippen LogP contribution in [-0.2, 0) is 13.0 Å². The number of carbonyl (C=O) groups excluding carboxylic acids is 1. The molecule has 0 unspecified atom stereocenters. The monoisotopic (exact) mass is 421 g/mol. The summed E-state index contributed by atoms with van der Waals surface area (Å²) in [6, 6.07) is 28.7. The molecule has 4 heteroatoms. The number of hydrogen-bond donors (Lipinski definition) is 1. The van der Waals surface area contributed by atoms with E-state index in [2.05, 4.69) is 77.6 Å². The van der Waals surface area contributed by atoms with Gasteiger partial charge in [0.1, 0.15) is 0 Å². The number of para-hydroxylation sites is 1. The van der Waals surface area contributed by atoms with Crippen LogP contribution in [-0.4, -0.2) is 15.5 Å². The summed E-state index contributed by atoms with van der Waals surface area (Å²) < 4.78 is 2.22. The van der Waals surface area contributed by atoms with Crippen LogP contribution in [0.25, 0.3) is 5.69 Å². The van der Waals surface area contributed by atoms with E-state index in [0.29, 0.717) is 6.54 Å². The number of nitrogens with one attached hydrogen (secondary N) is 1. The van der Waals surface area contributed by atoms with E-state index in [1.807, 2.05) is 42.2 Å². The Morgan fingerprint density at radius 2 is 1.69 bits per heavy atom. The molecule has 0 aliphatic carbocycles. The Kier molecular flexibility index (Phi) is 5.28. The number of nitrogens with zero attached hydrogens (tertiary/aromatic N) is 2. The Morgan fingerprint density at radius 3 is 2.44 bits per heavy atom. The first-order chi connectivity index (χ1) is 15.6. The highest BCUT2D eigenvalue weighted by Crippen LogP contribution is 2.37. The minimum Gasteiger partial charge on any atom is -0.318 e. The van der Waals surface area contributed by atoms with Crippen molar-refractivity contribution in [3.05, 3.63) is 119 Å². The molecule has 0 radical (unpaired) electrons. The molecule has 2 heterocycles. The number of fused-ring (bicyclic) bond motifs is 3. The molecule has 1 atom stereocenters. The van der Waals surface area contributed by atoms with Gasteiger partial charge in [0, 0.05) is 17.6 Å². The van der Waals surface area contributed by atoms with Crippen LogP contribution in [0.5, 0.6) is 0 Å². The van der Waals surface area contributed by atoms with Crippen molar-refractivity contribution in [2.24, 2.45) is 0 Å². The maximum atomic E-state index is 13.7. The minimum atomic E-state index is -0.200. The average Bonchev–Trinajstić information content (AvgIpc) is 3.25. The highest BCUT2D eigenvalue weighted by Gasteiger charge is 2.32. The molecule has 2 amide bonds. The first-order valence-electron chi connectivity index (χ1n) is 11.1. The average molecular weight is 422 g/mol. The second kappa shape index (κ2) is 8.39. The fraction of sp³-hybridized carbons (Fsp3) is 0.179. The van der Waals surface area contributed by atoms with Crippen LogP contribution in [0.1, 0.15) is 40.9 Å². The zero-order chi connectivity index (χ0) is 22.1. The van der Waals surface area contributed by atoms with E-state index in [4.69, 9.17) is 0 Å². The number of benzene rings is 3. The van der Waals surface area contributed by atoms with Gasteiger partial charge in [-0.2, -0.15) is 0 Å². The van der Waals surface area contributed by atoms with Crippen LogP contribution in [0.15, 0.2) is 91.1 Å². The van der Waals surface area contributed by atoms with E-state index in [9.17, 15) is 4.79 Å². The number of aryl methyl sites for hydroxylation is 2. The molecule has 4 aromatic rings. The van der Waals surface area contributed by atoms with Crippen LogP contribution in [0.3, 0.4) is 0 Å². The van der Waals surface area contributed by atoms with Crippen molar-refractivity contribution in [1.82, 2.24) is 9.47 Å². The van der Waals surface area contributed by atoms with Crippen molar-refractivity contribution in [2.75, 3.05) is 5.32 Å². The number of anilines is 1. The van der Waals surface area contributed by atoms with Crippen molar-refractivity contribution in [1.29, 1.82) is 0 Å². The van der Waals surface area contributed by atoms with Crippen LogP contribution in [0.2, 0.25) is 0 Å². The van der Waals surface area contributed by atoms with E-state index < -0.39 is 0 Å². The van der Waals surface area contributed by atoms with E-state index in [-0.39, 0.29) is 12.1 Å². The summed E-state index contributed by atoms with van der Waals surface area (Å²) >= 11 is 0. The van der Waals surface area contributed by atoms with E-state index >= 15 is 0 Å². The quantitative estimate of drug-likeness (QED) is 0.404. The second-order valence-electron chi connectivity index (χ2n) is 8.35. The molecule has 1 aliphatic heterocycles. The van der Waals surface area contributed by atoms with Crippen LogP contribution < -0.4 is 5.32 Å². The molecule has 5 rings (SSSR count). The molecule has 0 saturated heterocycles. The minimum absolute atomic E-state index is 0.108. The smallest absolute Gasteiger partial charge is 0.318 e. The number of aromatic nitrogens is 1. The lowest BCUT2D eigenvalue weighted by atomic mass is 10.00. The molecule has 4 nitrogen and oxygen atoms in total. The molecule has 0 bridgehead atoms. The summed E-state index contributed by atoms with van der Waals surface area (Å²) in [6.07, 6.45) is 3.08. The lowest BCUT2D eigenvalue weighted by Gasteiger charge is -2.31. The van der Waals surface area contributed by atoms with Gasteiger partial charge in [0.05, 0.1) is 18.3 Å². The van der Waals surface area contributed by atoms with Gasteiger partial charge in [-0.15, -0.1) is 0 Å². The molecular formula is C28H27N3O. The largest absolute Gasteiger partial charge is 0.322 e. The second-order valence-corrected chi connectivity index (χ2v) is 8.35. The van der Waals surface area contributed by atoms with Crippen molar-refractivity contribution in [2.45, 2.75) is 32.9 Å². The van der Waals surface area contributed by atoms with E-state index in [1.165, 1.54) is 11.1 Å². The topological polar surface area (TPSA) is 37.3 Å². The third-order valence-corrected chi connectivity index (χ3v) is 6.23. The zero-order valence-corrected chi connectivity index (χ0v) is 18.5. The highest BCUT2D eigenvalue weighted by atomic mass is 16.2. The Hall–Kier alpha value is -3.79. The SMILES string of the molecule is CCc1ccc([C@H]2c3cccn3-c3ccccc3CN2C(=O)Nc2ccc(C)cc2)cc1. The summed E-state index contributed by atoms with van der Waals surface area (Å²) in [5.41, 5.74) is 7.68. The Balaban J connectivity index is 1.61. The van der Waals surface area contributed by atoms with Crippen molar-refractivity contribution in [3.63, 3.8) is 0 Å². The van der Waals surface area contributed by atoms with Gasteiger partial charge in [-0.25, -0.2) is 4.79 Å². The number of urea groups is 1. The molecular weight excluding hydrogens is 394 g/mol. The van der Waals surface area contributed by atoms with Gasteiger partial charge < -0.3 is 14.8 Å². The van der Waals surface area contributed by atoms with Crippen LogP contribution in [0.4, 0.5) is 10.5 Å². The van der Waals surface area contributed by atoms with Crippen molar-refractivity contribution < 1.29 is 4.79 Å². The molecule has 1 aromatic heterocycles. The first kappa shape index (κ1) is 20.1. The molecule has 32 heavy (non-hydrogen) atoms. The molecule has 1 aliphatic rings. The lowest BCUT2D eigenvalue weighted by Crippen LogP contribution is -2.37. The van der Waals surface area contributed by atoms with E-state index in [0.717, 1.165) is 34.6 Å². The molecule has 160 valence electrons. The van der Waals surface area contributed by atoms with Crippen molar-refractivity contribution in [3.8, 4) is 5.69 Å². The number of hydrogen-bond acceptors (Lipinski definition) is 1. The molecule has 0 fully saturated rings. The number of amides is 2. The van der Waals surface area contributed by atoms with Gasteiger partial charge in [0.15, 0.2) is 0 Å². The lowest BCUT2D eigenvalue weighted by molar-refractivity contribution is 0.194. The molecule has 3 aromatic carbocycles. The predicted molar refractivity (Wildman–Crippen MR) is 129 cm³/mol. The Bertz CT molecular complexity index is 1240. The van der Waals surface area contributed by atoms with Gasteiger partial charge in [-0.3, -0.25) is 0 Å². The third-order valence-electron chi connectivity index (χ3n) is 6.23. The van der Waals surface area contributed by atoms with Gasteiger partial charge in [0.2, 0.25) is 0 Å². The van der Waals surface area contributed by atoms with Crippen LogP contribution in [0, 0.1) is 6.92 Å². The van der Waals surface area contributed by atoms with Crippen molar-refractivity contribution >= 4 is 11.7 Å². The van der Waals surface area contributed by atoms with Gasteiger partial charge >= 0.3 is 6.03 Å². The maximum Gasteiger partial charge on any atom is 0.322 e.